The summed E-state index contributed by atoms with van der Waals surface area (Å²) >= 11 is 0. The number of fused-ring (bicyclic) bond motifs is 1. The molecule has 2 aromatic rings. The van der Waals surface area contributed by atoms with Crippen molar-refractivity contribution in [2.75, 3.05) is 19.5 Å². The Morgan fingerprint density at radius 1 is 1.00 bits per heavy atom. The molecule has 6 rings (SSSR count). The molecular weight excluding hydrogens is 510 g/mol. The number of amides is 3. The van der Waals surface area contributed by atoms with Gasteiger partial charge in [0.2, 0.25) is 17.7 Å². The van der Waals surface area contributed by atoms with Gasteiger partial charge >= 0.3 is 0 Å². The molecule has 3 aliphatic heterocycles. The molecule has 2 aromatic carbocycles. The first-order valence-electron chi connectivity index (χ1n) is 14.0. The molecule has 1 aliphatic carbocycles. The van der Waals surface area contributed by atoms with Gasteiger partial charge in [-0.25, -0.2) is 0 Å². The number of nitrogens with one attached hydrogen (secondary N) is 2. The number of ether oxygens (including phenoxy) is 3. The summed E-state index contributed by atoms with van der Waals surface area (Å²) in [5.41, 5.74) is 0.220. The summed E-state index contributed by atoms with van der Waals surface area (Å²) in [5, 5.41) is 6.16. The average Bonchev–Trinajstić information content (AvgIpc) is 3.61. The molecular formula is C31H35N3O6. The first kappa shape index (κ1) is 26.4. The van der Waals surface area contributed by atoms with Gasteiger partial charge in [0.25, 0.3) is 0 Å². The molecule has 2 bridgehead atoms. The minimum atomic E-state index is -1.21. The quantitative estimate of drug-likeness (QED) is 0.493. The molecule has 0 aromatic heterocycles. The van der Waals surface area contributed by atoms with E-state index in [1.807, 2.05) is 36.4 Å². The summed E-state index contributed by atoms with van der Waals surface area (Å²) in [6.07, 6.45) is 8.24. The van der Waals surface area contributed by atoms with Gasteiger partial charge in [0.05, 0.1) is 32.2 Å². The Labute approximate surface area is 233 Å². The monoisotopic (exact) mass is 545 g/mol. The predicted octanol–water partition coefficient (Wildman–Crippen LogP) is 3.44. The minimum absolute atomic E-state index is 0.0735. The number of carbonyl (C=O) groups excluding carboxylic acids is 3. The lowest BCUT2D eigenvalue weighted by molar-refractivity contribution is -0.142. The number of methoxy groups -OCH3 is 2. The summed E-state index contributed by atoms with van der Waals surface area (Å²) < 4.78 is 17.0. The zero-order valence-electron chi connectivity index (χ0n) is 22.8. The second-order valence-corrected chi connectivity index (χ2v) is 11.1. The summed E-state index contributed by atoms with van der Waals surface area (Å²) in [6, 6.07) is 13.7. The fourth-order valence-electron chi connectivity index (χ4n) is 6.82. The van der Waals surface area contributed by atoms with Crippen LogP contribution in [0.5, 0.6) is 11.5 Å². The van der Waals surface area contributed by atoms with E-state index in [1.165, 1.54) is 6.42 Å². The van der Waals surface area contributed by atoms with Crippen molar-refractivity contribution in [2.45, 2.75) is 62.4 Å². The topological polar surface area (TPSA) is 106 Å². The lowest BCUT2D eigenvalue weighted by atomic mass is 9.74. The second-order valence-electron chi connectivity index (χ2n) is 11.1. The molecule has 0 radical (unpaired) electrons. The number of carbonyl (C=O) groups is 3. The highest BCUT2D eigenvalue weighted by atomic mass is 16.5. The van der Waals surface area contributed by atoms with E-state index in [2.05, 4.69) is 10.6 Å². The maximum Gasteiger partial charge on any atom is 0.246 e. The summed E-state index contributed by atoms with van der Waals surface area (Å²) in [4.78, 5) is 43.4. The Hall–Kier alpha value is -3.85. The van der Waals surface area contributed by atoms with E-state index in [1.54, 1.807) is 43.4 Å². The first-order valence-corrected chi connectivity index (χ1v) is 14.0. The maximum atomic E-state index is 14.2. The lowest BCUT2D eigenvalue weighted by Gasteiger charge is -2.34. The van der Waals surface area contributed by atoms with Crippen LogP contribution in [-0.4, -0.2) is 60.6 Å². The minimum Gasteiger partial charge on any atom is -0.497 e. The maximum absolute atomic E-state index is 14.2. The van der Waals surface area contributed by atoms with E-state index >= 15 is 0 Å². The van der Waals surface area contributed by atoms with Gasteiger partial charge in [0.15, 0.2) is 0 Å². The molecule has 2 N–H and O–H groups in total. The fraction of sp³-hybridized carbons (Fsp3) is 0.452. The predicted molar refractivity (Wildman–Crippen MR) is 148 cm³/mol. The number of rotatable bonds is 8. The highest BCUT2D eigenvalue weighted by Gasteiger charge is 2.72. The van der Waals surface area contributed by atoms with Gasteiger partial charge in [-0.3, -0.25) is 14.4 Å². The zero-order chi connectivity index (χ0) is 27.9. The average molecular weight is 546 g/mol. The molecule has 40 heavy (non-hydrogen) atoms. The van der Waals surface area contributed by atoms with Crippen molar-refractivity contribution in [3.05, 3.63) is 66.2 Å². The number of hydrogen-bond donors (Lipinski definition) is 2. The van der Waals surface area contributed by atoms with Crippen LogP contribution in [0.3, 0.4) is 0 Å². The van der Waals surface area contributed by atoms with E-state index in [4.69, 9.17) is 14.2 Å². The van der Waals surface area contributed by atoms with Gasteiger partial charge in [-0.2, -0.15) is 0 Å². The summed E-state index contributed by atoms with van der Waals surface area (Å²) in [5.74, 6) is -1.06. The van der Waals surface area contributed by atoms with Gasteiger partial charge in [-0.1, -0.05) is 49.6 Å². The van der Waals surface area contributed by atoms with E-state index < -0.39 is 29.6 Å². The van der Waals surface area contributed by atoms with Crippen LogP contribution in [0.15, 0.2) is 60.7 Å². The molecule has 3 heterocycles. The van der Waals surface area contributed by atoms with Gasteiger partial charge < -0.3 is 29.7 Å². The van der Waals surface area contributed by atoms with Crippen LogP contribution in [0.1, 0.15) is 37.7 Å². The highest BCUT2D eigenvalue weighted by Crippen LogP contribution is 2.55. The Morgan fingerprint density at radius 3 is 2.48 bits per heavy atom. The Kier molecular flexibility index (Phi) is 7.00. The molecule has 2 saturated heterocycles. The van der Waals surface area contributed by atoms with Crippen LogP contribution in [0.25, 0.3) is 0 Å². The van der Waals surface area contributed by atoms with Crippen molar-refractivity contribution in [3.8, 4) is 11.5 Å². The molecule has 1 saturated carbocycles. The van der Waals surface area contributed by atoms with Crippen molar-refractivity contribution < 1.29 is 28.6 Å². The van der Waals surface area contributed by atoms with E-state index in [0.717, 1.165) is 31.2 Å². The Morgan fingerprint density at radius 2 is 1.75 bits per heavy atom. The largest absolute Gasteiger partial charge is 0.497 e. The van der Waals surface area contributed by atoms with E-state index in [0.29, 0.717) is 17.2 Å². The van der Waals surface area contributed by atoms with Crippen molar-refractivity contribution in [2.24, 2.45) is 11.8 Å². The van der Waals surface area contributed by atoms with Crippen LogP contribution in [-0.2, 0) is 25.7 Å². The molecule has 4 aliphatic rings. The fourth-order valence-corrected chi connectivity index (χ4v) is 6.82. The molecule has 1 spiro atoms. The second kappa shape index (κ2) is 10.6. The van der Waals surface area contributed by atoms with Crippen molar-refractivity contribution >= 4 is 23.4 Å². The van der Waals surface area contributed by atoms with E-state index in [9.17, 15) is 14.4 Å². The smallest absolute Gasteiger partial charge is 0.246 e. The van der Waals surface area contributed by atoms with Gasteiger partial charge in [0.1, 0.15) is 23.1 Å². The summed E-state index contributed by atoms with van der Waals surface area (Å²) in [6.45, 7) is 0.218. The van der Waals surface area contributed by atoms with Crippen LogP contribution in [0.2, 0.25) is 0 Å². The normalized spacial score (nSPS) is 28.9. The van der Waals surface area contributed by atoms with Crippen LogP contribution >= 0.6 is 0 Å². The number of nitrogens with zero attached hydrogens (tertiary/aromatic N) is 1. The standard InChI is InChI=1S/C31H35N3O6/c1-38-22-13-11-19(12-14-22)18-34-27(29(36)32-20-7-4-3-5-8-20)31-16-15-24(40-31)25(26(31)30(34)37)28(35)33-21-9-6-10-23(17-21)39-2/h6,9-17,20,24-27H,3-5,7-8,18H2,1-2H3,(H,32,36)(H,33,35)/t24-,25?,26-,27?,31?/m1/s1. The van der Waals surface area contributed by atoms with Gasteiger partial charge in [-0.15, -0.1) is 0 Å². The molecule has 5 atom stereocenters. The van der Waals surface area contributed by atoms with Crippen LogP contribution < -0.4 is 20.1 Å². The number of hydrogen-bond acceptors (Lipinski definition) is 6. The Balaban J connectivity index is 1.31. The molecule has 9 heteroatoms. The molecule has 3 amide bonds. The van der Waals surface area contributed by atoms with Crippen molar-refractivity contribution in [1.29, 1.82) is 0 Å². The highest BCUT2D eigenvalue weighted by molar-refractivity contribution is 6.02. The zero-order valence-corrected chi connectivity index (χ0v) is 22.8. The molecule has 3 fully saturated rings. The van der Waals surface area contributed by atoms with Gasteiger partial charge in [0, 0.05) is 24.3 Å². The lowest BCUT2D eigenvalue weighted by Crippen LogP contribution is -2.56. The molecule has 9 nitrogen and oxygen atoms in total. The number of benzene rings is 2. The molecule has 3 unspecified atom stereocenters. The van der Waals surface area contributed by atoms with E-state index in [-0.39, 0.29) is 30.3 Å². The number of likely N-dealkylation sites (tertiary alicyclic amines) is 1. The van der Waals surface area contributed by atoms with Gasteiger partial charge in [-0.05, 0) is 42.7 Å². The van der Waals surface area contributed by atoms with Crippen LogP contribution in [0, 0.1) is 11.8 Å². The van der Waals surface area contributed by atoms with Crippen LogP contribution in [0.4, 0.5) is 5.69 Å². The SMILES string of the molecule is COc1ccc(CN2C(=O)[C@H]3C(C(=O)Nc4cccc(OC)c4)[C@H]4C=CC3(O4)C2C(=O)NC2CCCCC2)cc1. The third-order valence-electron chi connectivity index (χ3n) is 8.73. The third kappa shape index (κ3) is 4.52. The molecule has 210 valence electrons. The first-order chi connectivity index (χ1) is 19.4. The van der Waals surface area contributed by atoms with Crippen molar-refractivity contribution in [1.82, 2.24) is 10.2 Å². The van der Waals surface area contributed by atoms with Crippen molar-refractivity contribution in [3.63, 3.8) is 0 Å². The third-order valence-corrected chi connectivity index (χ3v) is 8.73. The number of anilines is 1. The summed E-state index contributed by atoms with van der Waals surface area (Å²) in [7, 11) is 3.16. The Bertz CT molecular complexity index is 1320.